The lowest BCUT2D eigenvalue weighted by Gasteiger charge is -2.34. The van der Waals surface area contributed by atoms with E-state index in [4.69, 9.17) is 5.11 Å². The molecule has 1 atom stereocenters. The molecule has 20 heavy (non-hydrogen) atoms. The summed E-state index contributed by atoms with van der Waals surface area (Å²) in [7, 11) is 0. The van der Waals surface area contributed by atoms with Gasteiger partial charge < -0.3 is 10.4 Å². The Morgan fingerprint density at radius 2 is 2.30 bits per heavy atom. The maximum Gasteiger partial charge on any atom is 0.305 e. The molecular formula is C13H14BrFN2O3. The normalized spacial score (nSPS) is 19.7. The van der Waals surface area contributed by atoms with Crippen molar-refractivity contribution in [1.29, 1.82) is 0 Å². The number of benzene rings is 1. The van der Waals surface area contributed by atoms with Crippen LogP contribution < -0.4 is 5.32 Å². The zero-order chi connectivity index (χ0) is 14.7. The molecule has 1 saturated heterocycles. The van der Waals surface area contributed by atoms with Gasteiger partial charge in [-0.25, -0.2) is 4.39 Å². The first-order valence-corrected chi connectivity index (χ1v) is 6.94. The fourth-order valence-electron chi connectivity index (χ4n) is 2.21. The molecule has 0 aliphatic carbocycles. The molecule has 2 rings (SSSR count). The fraction of sp³-hybridized carbons (Fsp3) is 0.385. The highest BCUT2D eigenvalue weighted by molar-refractivity contribution is 9.10. The Kier molecular flexibility index (Phi) is 4.72. The molecule has 1 aliphatic heterocycles. The van der Waals surface area contributed by atoms with Crippen LogP contribution in [-0.2, 0) is 16.1 Å². The van der Waals surface area contributed by atoms with E-state index in [0.717, 1.165) is 0 Å². The number of aliphatic carboxylic acids is 1. The van der Waals surface area contributed by atoms with Gasteiger partial charge in [-0.3, -0.25) is 14.5 Å². The molecule has 1 amide bonds. The van der Waals surface area contributed by atoms with Gasteiger partial charge in [-0.05, 0) is 12.1 Å². The number of carbonyl (C=O) groups excluding carboxylic acids is 1. The number of carboxylic acid groups (broad SMARTS) is 1. The molecule has 0 bridgehead atoms. The molecule has 108 valence electrons. The van der Waals surface area contributed by atoms with Crippen molar-refractivity contribution in [2.75, 3.05) is 13.1 Å². The summed E-state index contributed by atoms with van der Waals surface area (Å²) in [6.07, 6.45) is -0.288. The molecule has 5 nitrogen and oxygen atoms in total. The smallest absolute Gasteiger partial charge is 0.305 e. The van der Waals surface area contributed by atoms with E-state index in [-0.39, 0.29) is 24.7 Å². The van der Waals surface area contributed by atoms with Crippen molar-refractivity contribution in [3.05, 3.63) is 34.1 Å². The van der Waals surface area contributed by atoms with Gasteiger partial charge in [0.25, 0.3) is 0 Å². The highest BCUT2D eigenvalue weighted by Gasteiger charge is 2.31. The van der Waals surface area contributed by atoms with E-state index in [1.54, 1.807) is 17.0 Å². The second-order valence-corrected chi connectivity index (χ2v) is 5.53. The van der Waals surface area contributed by atoms with Crippen LogP contribution in [-0.4, -0.2) is 41.0 Å². The molecule has 0 aromatic heterocycles. The number of piperazine rings is 1. The van der Waals surface area contributed by atoms with Gasteiger partial charge in [0.1, 0.15) is 11.9 Å². The monoisotopic (exact) mass is 344 g/mol. The van der Waals surface area contributed by atoms with E-state index >= 15 is 0 Å². The predicted molar refractivity (Wildman–Crippen MR) is 73.6 cm³/mol. The molecule has 0 saturated carbocycles. The van der Waals surface area contributed by atoms with Gasteiger partial charge in [0.2, 0.25) is 5.91 Å². The third-order valence-electron chi connectivity index (χ3n) is 3.20. The van der Waals surface area contributed by atoms with Crippen LogP contribution in [0.15, 0.2) is 22.7 Å². The lowest BCUT2D eigenvalue weighted by atomic mass is 10.1. The van der Waals surface area contributed by atoms with E-state index in [9.17, 15) is 14.0 Å². The Labute approximate surface area is 123 Å². The molecule has 1 heterocycles. The topological polar surface area (TPSA) is 69.6 Å². The van der Waals surface area contributed by atoms with Gasteiger partial charge in [0.15, 0.2) is 0 Å². The molecule has 1 fully saturated rings. The molecule has 1 unspecified atom stereocenters. The van der Waals surface area contributed by atoms with Crippen molar-refractivity contribution >= 4 is 27.8 Å². The second-order valence-electron chi connectivity index (χ2n) is 4.61. The minimum atomic E-state index is -1.05. The Hall–Kier alpha value is -1.47. The number of nitrogens with zero attached hydrogens (tertiary/aromatic N) is 1. The highest BCUT2D eigenvalue weighted by Crippen LogP contribution is 2.19. The summed E-state index contributed by atoms with van der Waals surface area (Å²) in [5.41, 5.74) is 0.443. The molecule has 1 aromatic rings. The number of nitrogens with one attached hydrogen (secondary N) is 1. The Bertz CT molecular complexity index is 538. The SMILES string of the molecule is O=C(O)CC1C(=O)NCCN1Cc1ccc(Br)cc1F. The van der Waals surface area contributed by atoms with Crippen LogP contribution in [0.4, 0.5) is 4.39 Å². The lowest BCUT2D eigenvalue weighted by Crippen LogP contribution is -2.55. The van der Waals surface area contributed by atoms with Gasteiger partial charge in [0.05, 0.1) is 6.42 Å². The van der Waals surface area contributed by atoms with Crippen LogP contribution in [0.25, 0.3) is 0 Å². The standard InChI is InChI=1S/C13H14BrFN2O3/c14-9-2-1-8(10(15)5-9)7-17-4-3-16-13(20)11(17)6-12(18)19/h1-2,5,11H,3-4,6-7H2,(H,16,20)(H,18,19). The zero-order valence-electron chi connectivity index (χ0n) is 10.6. The average Bonchev–Trinajstić information content (AvgIpc) is 2.36. The van der Waals surface area contributed by atoms with Crippen molar-refractivity contribution < 1.29 is 19.1 Å². The molecule has 2 N–H and O–H groups in total. The first-order chi connectivity index (χ1) is 9.47. The van der Waals surface area contributed by atoms with Crippen molar-refractivity contribution in [3.63, 3.8) is 0 Å². The number of carbonyl (C=O) groups is 2. The number of hydrogen-bond donors (Lipinski definition) is 2. The van der Waals surface area contributed by atoms with Crippen LogP contribution in [0.5, 0.6) is 0 Å². The largest absolute Gasteiger partial charge is 0.481 e. The minimum Gasteiger partial charge on any atom is -0.481 e. The van der Waals surface area contributed by atoms with E-state index in [1.807, 2.05) is 0 Å². The van der Waals surface area contributed by atoms with Gasteiger partial charge >= 0.3 is 5.97 Å². The second kappa shape index (κ2) is 6.32. The first-order valence-electron chi connectivity index (χ1n) is 6.15. The van der Waals surface area contributed by atoms with E-state index in [1.165, 1.54) is 6.07 Å². The maximum atomic E-state index is 13.8. The summed E-state index contributed by atoms with van der Waals surface area (Å²) >= 11 is 3.18. The van der Waals surface area contributed by atoms with Crippen LogP contribution in [0, 0.1) is 5.82 Å². The van der Waals surface area contributed by atoms with E-state index in [0.29, 0.717) is 23.1 Å². The molecule has 7 heteroatoms. The van der Waals surface area contributed by atoms with Crippen LogP contribution >= 0.6 is 15.9 Å². The molecule has 1 aliphatic rings. The Balaban J connectivity index is 2.16. The third-order valence-corrected chi connectivity index (χ3v) is 3.69. The number of halogens is 2. The number of rotatable bonds is 4. The van der Waals surface area contributed by atoms with Gasteiger partial charge in [0, 0.05) is 29.7 Å². The summed E-state index contributed by atoms with van der Waals surface area (Å²) in [5.74, 6) is -1.75. The van der Waals surface area contributed by atoms with Crippen molar-refractivity contribution in [2.24, 2.45) is 0 Å². The van der Waals surface area contributed by atoms with Crippen LogP contribution in [0.3, 0.4) is 0 Å². The first kappa shape index (κ1) is 14.9. The van der Waals surface area contributed by atoms with Crippen molar-refractivity contribution in [3.8, 4) is 0 Å². The Morgan fingerprint density at radius 3 is 2.95 bits per heavy atom. The maximum absolute atomic E-state index is 13.8. The summed E-state index contributed by atoms with van der Waals surface area (Å²) < 4.78 is 14.5. The number of carboxylic acids is 1. The highest BCUT2D eigenvalue weighted by atomic mass is 79.9. The van der Waals surface area contributed by atoms with Gasteiger partial charge in [-0.15, -0.1) is 0 Å². The molecular weight excluding hydrogens is 331 g/mol. The number of hydrogen-bond acceptors (Lipinski definition) is 3. The molecule has 0 spiro atoms. The lowest BCUT2D eigenvalue weighted by molar-refractivity contribution is -0.143. The third kappa shape index (κ3) is 3.55. The zero-order valence-corrected chi connectivity index (χ0v) is 12.2. The quantitative estimate of drug-likeness (QED) is 0.865. The van der Waals surface area contributed by atoms with E-state index in [2.05, 4.69) is 21.2 Å². The average molecular weight is 345 g/mol. The van der Waals surface area contributed by atoms with Crippen molar-refractivity contribution in [1.82, 2.24) is 10.2 Å². The summed E-state index contributed by atoms with van der Waals surface area (Å²) in [6.45, 7) is 1.15. The summed E-state index contributed by atoms with van der Waals surface area (Å²) in [6, 6.07) is 3.94. The fourth-order valence-corrected chi connectivity index (χ4v) is 2.54. The van der Waals surface area contributed by atoms with Gasteiger partial charge in [-0.1, -0.05) is 22.0 Å². The Morgan fingerprint density at radius 1 is 1.55 bits per heavy atom. The van der Waals surface area contributed by atoms with Crippen LogP contribution in [0.2, 0.25) is 0 Å². The van der Waals surface area contributed by atoms with Crippen molar-refractivity contribution in [2.45, 2.75) is 19.0 Å². The van der Waals surface area contributed by atoms with E-state index < -0.39 is 12.0 Å². The molecule has 1 aromatic carbocycles. The summed E-state index contributed by atoms with van der Waals surface area (Å²) in [4.78, 5) is 24.3. The molecule has 0 radical (unpaired) electrons. The number of amides is 1. The minimum absolute atomic E-state index is 0.213. The predicted octanol–water partition coefficient (Wildman–Crippen LogP) is 1.36. The van der Waals surface area contributed by atoms with Crippen LogP contribution in [0.1, 0.15) is 12.0 Å². The summed E-state index contributed by atoms with van der Waals surface area (Å²) in [5, 5.41) is 11.5. The van der Waals surface area contributed by atoms with Gasteiger partial charge in [-0.2, -0.15) is 0 Å².